The molecule has 2 saturated carbocycles. The molecule has 0 aromatic rings. The van der Waals surface area contributed by atoms with Gasteiger partial charge in [-0.15, -0.1) is 0 Å². The van der Waals surface area contributed by atoms with Crippen molar-refractivity contribution in [2.45, 2.75) is 82.8 Å². The highest BCUT2D eigenvalue weighted by molar-refractivity contribution is 7.79. The maximum atomic E-state index is 13.7. The number of hydrogen-bond acceptors (Lipinski definition) is 6. The van der Waals surface area contributed by atoms with Crippen LogP contribution in [0.15, 0.2) is 0 Å². The molecule has 3 atom stereocenters. The first-order chi connectivity index (χ1) is 17.1. The van der Waals surface area contributed by atoms with Crippen LogP contribution >= 0.6 is 0 Å². The number of hydrogen-bond donors (Lipinski definition) is 5. The van der Waals surface area contributed by atoms with E-state index in [1.807, 2.05) is 6.92 Å². The number of Topliss-reactive ketones (excluding diaryl/α,β-unsaturated/α-hetero) is 1. The van der Waals surface area contributed by atoms with E-state index in [0.717, 1.165) is 44.9 Å². The average Bonchev–Trinajstić information content (AvgIpc) is 3.51. The van der Waals surface area contributed by atoms with Crippen molar-refractivity contribution in [1.29, 1.82) is 0 Å². The fraction of sp³-hybridized carbons (Fsp3) is 0.783. The molecule has 36 heavy (non-hydrogen) atoms. The molecule has 202 valence electrons. The molecule has 2 aliphatic carbocycles. The predicted molar refractivity (Wildman–Crippen MR) is 131 cm³/mol. The van der Waals surface area contributed by atoms with Gasteiger partial charge in [-0.2, -0.15) is 0 Å². The van der Waals surface area contributed by atoms with Crippen molar-refractivity contribution >= 4 is 40.6 Å². The number of carbonyl (C=O) groups excluding carboxylic acids is 5. The Bertz CT molecular complexity index is 888. The van der Waals surface area contributed by atoms with Gasteiger partial charge in [0.25, 0.3) is 5.91 Å². The van der Waals surface area contributed by atoms with Crippen molar-refractivity contribution in [3.63, 3.8) is 0 Å². The molecule has 0 aromatic heterocycles. The second-order valence-electron chi connectivity index (χ2n) is 10.2. The van der Waals surface area contributed by atoms with E-state index in [2.05, 4.69) is 21.3 Å². The lowest BCUT2D eigenvalue weighted by molar-refractivity contribution is -0.143. The summed E-state index contributed by atoms with van der Waals surface area (Å²) in [4.78, 5) is 64.5. The van der Waals surface area contributed by atoms with E-state index in [0.29, 0.717) is 19.4 Å². The first kappa shape index (κ1) is 28.0. The first-order valence-corrected chi connectivity index (χ1v) is 13.9. The summed E-state index contributed by atoms with van der Waals surface area (Å²) in [5.41, 5.74) is -0.507. The Kier molecular flexibility index (Phi) is 9.83. The number of rotatable bonds is 11. The molecule has 0 spiro atoms. The van der Waals surface area contributed by atoms with Crippen LogP contribution in [0.4, 0.5) is 4.79 Å². The second-order valence-corrected chi connectivity index (χ2v) is 11.2. The van der Waals surface area contributed by atoms with Crippen molar-refractivity contribution < 1.29 is 32.7 Å². The molecule has 3 fully saturated rings. The van der Waals surface area contributed by atoms with Gasteiger partial charge in [0, 0.05) is 19.1 Å². The maximum absolute atomic E-state index is 13.7. The Balaban J connectivity index is 1.64. The highest BCUT2D eigenvalue weighted by atomic mass is 32.2. The van der Waals surface area contributed by atoms with Gasteiger partial charge in [0.15, 0.2) is 11.1 Å². The summed E-state index contributed by atoms with van der Waals surface area (Å²) < 4.78 is 19.8. The zero-order valence-electron chi connectivity index (χ0n) is 20.7. The Labute approximate surface area is 213 Å². The van der Waals surface area contributed by atoms with Gasteiger partial charge in [-0.05, 0) is 43.9 Å². The molecule has 0 radical (unpaired) electrons. The smallest absolute Gasteiger partial charge is 0.315 e. The van der Waals surface area contributed by atoms with Crippen molar-refractivity contribution in [3.05, 3.63) is 0 Å². The average molecular weight is 528 g/mol. The van der Waals surface area contributed by atoms with Gasteiger partial charge in [0.1, 0.15) is 12.1 Å². The number of carbonyl (C=O) groups is 5. The van der Waals surface area contributed by atoms with Crippen LogP contribution in [-0.2, 0) is 30.3 Å². The standard InChI is InChI=1S/C23H37N5O7S/c1-23(9-3-2-4-10-23)18(27-22(33)24-11-13-36(34)35)21(32)28-12-5-6-16(28)19(30)25-14-17(29)20(31)26-15-7-8-15/h15-16,18H,2-14H2,1H3,(H,25,30)(H,26,31)(H,34,35)(H2,24,27,33). The van der Waals surface area contributed by atoms with Crippen LogP contribution in [0.2, 0.25) is 0 Å². The molecule has 1 aliphatic heterocycles. The summed E-state index contributed by atoms with van der Waals surface area (Å²) in [5, 5.41) is 10.4. The molecule has 12 nitrogen and oxygen atoms in total. The molecule has 0 aromatic carbocycles. The number of nitrogens with zero attached hydrogens (tertiary/aromatic N) is 1. The molecule has 3 unspecified atom stereocenters. The van der Waals surface area contributed by atoms with E-state index in [1.165, 1.54) is 4.90 Å². The lowest BCUT2D eigenvalue weighted by atomic mass is 9.70. The Hall–Kier alpha value is -2.54. The van der Waals surface area contributed by atoms with Gasteiger partial charge in [0.2, 0.25) is 17.6 Å². The van der Waals surface area contributed by atoms with E-state index in [-0.39, 0.29) is 24.2 Å². The second kappa shape index (κ2) is 12.6. The Morgan fingerprint density at radius 2 is 1.72 bits per heavy atom. The zero-order chi connectivity index (χ0) is 26.3. The molecular weight excluding hydrogens is 490 g/mol. The van der Waals surface area contributed by atoms with Gasteiger partial charge in [-0.3, -0.25) is 19.2 Å². The van der Waals surface area contributed by atoms with E-state index in [1.54, 1.807) is 0 Å². The highest BCUT2D eigenvalue weighted by Crippen LogP contribution is 2.40. The fourth-order valence-corrected chi connectivity index (χ4v) is 5.22. The minimum atomic E-state index is -2.05. The van der Waals surface area contributed by atoms with E-state index >= 15 is 0 Å². The molecular formula is C23H37N5O7S. The van der Waals surface area contributed by atoms with Crippen molar-refractivity contribution in [3.8, 4) is 0 Å². The number of likely N-dealkylation sites (tertiary alicyclic amines) is 1. The number of nitrogens with one attached hydrogen (secondary N) is 4. The summed E-state index contributed by atoms with van der Waals surface area (Å²) in [6.07, 6.45) is 7.05. The molecule has 5 N–H and O–H groups in total. The van der Waals surface area contributed by atoms with Crippen molar-refractivity contribution in [2.75, 3.05) is 25.4 Å². The molecule has 1 heterocycles. The number of amides is 5. The Morgan fingerprint density at radius 1 is 1.03 bits per heavy atom. The summed E-state index contributed by atoms with van der Waals surface area (Å²) in [6.45, 7) is 1.83. The SMILES string of the molecule is CC1(C(NC(=O)NCCS(=O)O)C(=O)N2CCCC2C(=O)NCC(=O)C(=O)NC2CC2)CCCCC1. The minimum absolute atomic E-state index is 0.0241. The van der Waals surface area contributed by atoms with Gasteiger partial charge in [-0.25, -0.2) is 9.00 Å². The van der Waals surface area contributed by atoms with E-state index in [9.17, 15) is 28.2 Å². The topological polar surface area (TPSA) is 174 Å². The summed E-state index contributed by atoms with van der Waals surface area (Å²) in [6, 6.07) is -2.25. The third-order valence-electron chi connectivity index (χ3n) is 7.20. The maximum Gasteiger partial charge on any atom is 0.315 e. The monoisotopic (exact) mass is 527 g/mol. The molecule has 1 saturated heterocycles. The third kappa shape index (κ3) is 7.73. The van der Waals surface area contributed by atoms with Crippen LogP contribution in [0.25, 0.3) is 0 Å². The lowest BCUT2D eigenvalue weighted by Gasteiger charge is -2.42. The van der Waals surface area contributed by atoms with Crippen LogP contribution in [0.3, 0.4) is 0 Å². The highest BCUT2D eigenvalue weighted by Gasteiger charge is 2.46. The lowest BCUT2D eigenvalue weighted by Crippen LogP contribution is -2.60. The van der Waals surface area contributed by atoms with Crippen LogP contribution in [0.1, 0.15) is 64.7 Å². The molecule has 0 bridgehead atoms. The van der Waals surface area contributed by atoms with Crippen molar-refractivity contribution in [2.24, 2.45) is 5.41 Å². The fourth-order valence-electron chi connectivity index (χ4n) is 4.94. The zero-order valence-corrected chi connectivity index (χ0v) is 21.5. The Morgan fingerprint density at radius 3 is 2.36 bits per heavy atom. The summed E-state index contributed by atoms with van der Waals surface area (Å²) in [7, 11) is 0. The van der Waals surface area contributed by atoms with Gasteiger partial charge in [-0.1, -0.05) is 26.2 Å². The van der Waals surface area contributed by atoms with Gasteiger partial charge < -0.3 is 30.7 Å². The molecule has 3 rings (SSSR count). The largest absolute Gasteiger partial charge is 0.347 e. The van der Waals surface area contributed by atoms with Crippen LogP contribution in [0, 0.1) is 5.41 Å². The normalized spacial score (nSPS) is 22.7. The molecule has 13 heteroatoms. The van der Waals surface area contributed by atoms with Gasteiger partial charge >= 0.3 is 6.03 Å². The van der Waals surface area contributed by atoms with Crippen LogP contribution in [0.5, 0.6) is 0 Å². The number of ketones is 1. The summed E-state index contributed by atoms with van der Waals surface area (Å²) in [5.74, 6) is -2.45. The molecule has 3 aliphatic rings. The minimum Gasteiger partial charge on any atom is -0.347 e. The quantitative estimate of drug-likeness (QED) is 0.183. The van der Waals surface area contributed by atoms with Crippen molar-refractivity contribution in [1.82, 2.24) is 26.2 Å². The molecule has 5 amide bonds. The predicted octanol–water partition coefficient (Wildman–Crippen LogP) is -0.199. The van der Waals surface area contributed by atoms with E-state index < -0.39 is 58.8 Å². The number of urea groups is 1. The van der Waals surface area contributed by atoms with Crippen LogP contribution in [-0.4, -0.2) is 86.7 Å². The summed E-state index contributed by atoms with van der Waals surface area (Å²) >= 11 is -2.05. The van der Waals surface area contributed by atoms with E-state index in [4.69, 9.17) is 4.55 Å². The third-order valence-corrected chi connectivity index (χ3v) is 7.76. The van der Waals surface area contributed by atoms with Crippen LogP contribution < -0.4 is 21.3 Å². The van der Waals surface area contributed by atoms with Gasteiger partial charge in [0.05, 0.1) is 12.3 Å². The first-order valence-electron chi connectivity index (χ1n) is 12.6.